The summed E-state index contributed by atoms with van der Waals surface area (Å²) in [5.74, 6) is 1.56. The average molecular weight is 353 g/mol. The number of halogens is 2. The van der Waals surface area contributed by atoms with E-state index in [0.29, 0.717) is 35.3 Å². The van der Waals surface area contributed by atoms with Gasteiger partial charge in [0.15, 0.2) is 0 Å². The monoisotopic (exact) mass is 352 g/mol. The number of alkyl halides is 2. The molecular formula is C19H22Cl2O2. The third-order valence-electron chi connectivity index (χ3n) is 6.98. The van der Waals surface area contributed by atoms with Crippen LogP contribution in [-0.2, 0) is 4.74 Å². The van der Waals surface area contributed by atoms with Crippen LogP contribution < -0.4 is 0 Å². The van der Waals surface area contributed by atoms with E-state index in [2.05, 4.69) is 20.8 Å². The highest BCUT2D eigenvalue weighted by atomic mass is 35.5. The Hall–Kier alpha value is -0.730. The maximum atomic E-state index is 12.2. The van der Waals surface area contributed by atoms with Crippen LogP contribution in [0.4, 0.5) is 0 Å². The number of ether oxygens (including phenoxy) is 1. The predicted octanol–water partition coefficient (Wildman–Crippen LogP) is 4.95. The second-order valence-electron chi connectivity index (χ2n) is 8.23. The van der Waals surface area contributed by atoms with E-state index in [-0.39, 0.29) is 17.3 Å². The van der Waals surface area contributed by atoms with Crippen molar-refractivity contribution in [3.63, 3.8) is 0 Å². The summed E-state index contributed by atoms with van der Waals surface area (Å²) in [4.78, 5) is 12.2. The van der Waals surface area contributed by atoms with Gasteiger partial charge in [-0.3, -0.25) is 0 Å². The van der Waals surface area contributed by atoms with Gasteiger partial charge in [0, 0.05) is 17.3 Å². The normalized spacial score (nSPS) is 41.4. The molecule has 0 saturated heterocycles. The van der Waals surface area contributed by atoms with Gasteiger partial charge < -0.3 is 4.74 Å². The van der Waals surface area contributed by atoms with Crippen molar-refractivity contribution in [2.24, 2.45) is 34.5 Å². The lowest BCUT2D eigenvalue weighted by Gasteiger charge is -2.28. The van der Waals surface area contributed by atoms with Crippen molar-refractivity contribution in [1.29, 1.82) is 0 Å². The van der Waals surface area contributed by atoms with Crippen molar-refractivity contribution in [3.8, 4) is 0 Å². The molecule has 0 aliphatic heterocycles. The van der Waals surface area contributed by atoms with Gasteiger partial charge in [-0.05, 0) is 35.8 Å². The second kappa shape index (κ2) is 4.67. The topological polar surface area (TPSA) is 26.3 Å². The molecule has 0 amide bonds. The largest absolute Gasteiger partial charge is 0.462 e. The molecule has 3 aliphatic rings. The second-order valence-corrected chi connectivity index (χ2v) is 9.62. The molecule has 23 heavy (non-hydrogen) atoms. The summed E-state index contributed by atoms with van der Waals surface area (Å²) in [7, 11) is 0. The molecule has 4 rings (SSSR count). The van der Waals surface area contributed by atoms with Crippen LogP contribution in [0, 0.1) is 34.5 Å². The summed E-state index contributed by atoms with van der Waals surface area (Å²) in [5.41, 5.74) is 0.769. The Bertz CT molecular complexity index is 655. The molecule has 1 aromatic rings. The Morgan fingerprint density at radius 3 is 2.52 bits per heavy atom. The zero-order chi connectivity index (χ0) is 16.6. The Morgan fingerprint density at radius 2 is 1.87 bits per heavy atom. The number of benzene rings is 1. The van der Waals surface area contributed by atoms with Crippen LogP contribution in [-0.4, -0.2) is 16.9 Å². The standard InChI is InChI=1S/C19H22Cl2O2/c1-17(2)13-9-12(18(3)15(14(13)17)19(18,20)21)10-23-16(22)11-7-5-4-6-8-11/h4-8,12-15H,9-10H2,1-3H3/t12-,13-,14+,15+,18-/m1/s1. The van der Waals surface area contributed by atoms with Crippen molar-refractivity contribution >= 4 is 29.2 Å². The third-order valence-corrected chi connectivity index (χ3v) is 8.27. The van der Waals surface area contributed by atoms with Gasteiger partial charge in [0.05, 0.1) is 12.2 Å². The van der Waals surface area contributed by atoms with E-state index >= 15 is 0 Å². The Morgan fingerprint density at radius 1 is 1.22 bits per heavy atom. The minimum Gasteiger partial charge on any atom is -0.462 e. The van der Waals surface area contributed by atoms with Gasteiger partial charge in [-0.25, -0.2) is 4.79 Å². The fraction of sp³-hybridized carbons (Fsp3) is 0.632. The lowest BCUT2D eigenvalue weighted by molar-refractivity contribution is 0.0322. The molecule has 0 spiro atoms. The molecule has 5 atom stereocenters. The molecule has 0 N–H and O–H groups in total. The van der Waals surface area contributed by atoms with Gasteiger partial charge in [0.25, 0.3) is 0 Å². The van der Waals surface area contributed by atoms with Crippen LogP contribution in [0.5, 0.6) is 0 Å². The number of fused-ring (bicyclic) bond motifs is 3. The molecule has 124 valence electrons. The van der Waals surface area contributed by atoms with Crippen molar-refractivity contribution < 1.29 is 9.53 Å². The number of hydrogen-bond donors (Lipinski definition) is 0. The van der Waals surface area contributed by atoms with Crippen LogP contribution in [0.25, 0.3) is 0 Å². The first-order valence-corrected chi connectivity index (χ1v) is 9.08. The van der Waals surface area contributed by atoms with Crippen LogP contribution in [0.2, 0.25) is 0 Å². The molecule has 1 aromatic carbocycles. The highest BCUT2D eigenvalue weighted by Gasteiger charge is 2.86. The van der Waals surface area contributed by atoms with E-state index in [1.165, 1.54) is 0 Å². The van der Waals surface area contributed by atoms with Gasteiger partial charge in [-0.15, -0.1) is 23.2 Å². The number of rotatable bonds is 3. The van der Waals surface area contributed by atoms with Crippen LogP contribution in [0.15, 0.2) is 30.3 Å². The lowest BCUT2D eigenvalue weighted by Crippen LogP contribution is -2.28. The predicted molar refractivity (Wildman–Crippen MR) is 91.6 cm³/mol. The Balaban J connectivity index is 1.49. The fourth-order valence-corrected chi connectivity index (χ4v) is 6.39. The van der Waals surface area contributed by atoms with E-state index in [1.807, 2.05) is 18.2 Å². The van der Waals surface area contributed by atoms with Gasteiger partial charge in [-0.2, -0.15) is 0 Å². The molecular weight excluding hydrogens is 331 g/mol. The summed E-state index contributed by atoms with van der Waals surface area (Å²) in [6, 6.07) is 9.12. The molecule has 3 aliphatic carbocycles. The molecule has 0 unspecified atom stereocenters. The van der Waals surface area contributed by atoms with Crippen LogP contribution in [0.1, 0.15) is 37.6 Å². The highest BCUT2D eigenvalue weighted by molar-refractivity contribution is 6.52. The maximum Gasteiger partial charge on any atom is 0.338 e. The minimum atomic E-state index is -0.677. The smallest absolute Gasteiger partial charge is 0.338 e. The summed E-state index contributed by atoms with van der Waals surface area (Å²) in [5, 5.41) is 0. The molecule has 0 bridgehead atoms. The Labute approximate surface area is 147 Å². The lowest BCUT2D eigenvalue weighted by atomic mass is 9.80. The number of carbonyl (C=O) groups excluding carboxylic acids is 1. The molecule has 2 nitrogen and oxygen atoms in total. The van der Waals surface area contributed by atoms with Gasteiger partial charge in [0.2, 0.25) is 0 Å². The number of hydrogen-bond acceptors (Lipinski definition) is 2. The first kappa shape index (κ1) is 15.8. The molecule has 0 radical (unpaired) electrons. The van der Waals surface area contributed by atoms with Crippen molar-refractivity contribution in [2.45, 2.75) is 31.5 Å². The minimum absolute atomic E-state index is 0.137. The van der Waals surface area contributed by atoms with E-state index in [4.69, 9.17) is 27.9 Å². The van der Waals surface area contributed by atoms with Crippen molar-refractivity contribution in [1.82, 2.24) is 0 Å². The van der Waals surface area contributed by atoms with Crippen LogP contribution in [0.3, 0.4) is 0 Å². The van der Waals surface area contributed by atoms with Crippen molar-refractivity contribution in [2.75, 3.05) is 6.61 Å². The zero-order valence-electron chi connectivity index (χ0n) is 13.7. The molecule has 0 heterocycles. The van der Waals surface area contributed by atoms with Crippen molar-refractivity contribution in [3.05, 3.63) is 35.9 Å². The quantitative estimate of drug-likeness (QED) is 0.568. The SMILES string of the molecule is CC1(C)[C@H]2[C@H]1C[C@H](COC(=O)c1ccccc1)[C@]1(C)[C@H]2C1(Cl)Cl. The summed E-state index contributed by atoms with van der Waals surface area (Å²) >= 11 is 13.3. The first-order chi connectivity index (χ1) is 10.7. The van der Waals surface area contributed by atoms with Gasteiger partial charge in [0.1, 0.15) is 4.33 Å². The number of carbonyl (C=O) groups is 1. The molecule has 4 heteroatoms. The number of esters is 1. The maximum absolute atomic E-state index is 12.2. The van der Waals surface area contributed by atoms with E-state index in [9.17, 15) is 4.79 Å². The van der Waals surface area contributed by atoms with E-state index < -0.39 is 4.33 Å². The van der Waals surface area contributed by atoms with E-state index in [0.717, 1.165) is 6.42 Å². The molecule has 3 fully saturated rings. The highest BCUT2D eigenvalue weighted by Crippen LogP contribution is 2.87. The third kappa shape index (κ3) is 1.97. The zero-order valence-corrected chi connectivity index (χ0v) is 15.2. The fourth-order valence-electron chi connectivity index (χ4n) is 5.23. The molecule has 0 aromatic heterocycles. The average Bonchev–Trinajstić information content (AvgIpc) is 3.23. The van der Waals surface area contributed by atoms with Crippen LogP contribution >= 0.6 is 23.2 Å². The summed E-state index contributed by atoms with van der Waals surface area (Å²) in [6.45, 7) is 7.19. The summed E-state index contributed by atoms with van der Waals surface area (Å²) in [6.07, 6.45) is 1.05. The summed E-state index contributed by atoms with van der Waals surface area (Å²) < 4.78 is 4.93. The Kier molecular flexibility index (Phi) is 3.20. The van der Waals surface area contributed by atoms with E-state index in [1.54, 1.807) is 12.1 Å². The van der Waals surface area contributed by atoms with Gasteiger partial charge >= 0.3 is 5.97 Å². The van der Waals surface area contributed by atoms with Gasteiger partial charge in [-0.1, -0.05) is 39.0 Å². The molecule has 3 saturated carbocycles. The first-order valence-electron chi connectivity index (χ1n) is 8.32.